The van der Waals surface area contributed by atoms with Crippen molar-refractivity contribution in [2.45, 2.75) is 142 Å². The van der Waals surface area contributed by atoms with E-state index in [0.29, 0.717) is 49.6 Å². The first kappa shape index (κ1) is 36.4. The minimum Gasteiger partial charge on any atom is -0.462 e. The Hall–Kier alpha value is -2.07. The van der Waals surface area contributed by atoms with Crippen molar-refractivity contribution in [3.63, 3.8) is 0 Å². The molecule has 1 aliphatic carbocycles. The number of aliphatic imine (C=N–C) groups is 1. The summed E-state index contributed by atoms with van der Waals surface area (Å²) in [6.07, 6.45) is 14.1. The van der Waals surface area contributed by atoms with Gasteiger partial charge in [-0.05, 0) is 76.0 Å². The second-order valence-electron chi connectivity index (χ2n) is 13.5. The van der Waals surface area contributed by atoms with E-state index >= 15 is 0 Å². The summed E-state index contributed by atoms with van der Waals surface area (Å²) in [5.41, 5.74) is 2.67. The maximum absolute atomic E-state index is 12.9. The minimum atomic E-state index is -0.414. The Morgan fingerprint density at radius 1 is 1.11 bits per heavy atom. The van der Waals surface area contributed by atoms with Gasteiger partial charge in [-0.1, -0.05) is 13.3 Å². The van der Waals surface area contributed by atoms with Crippen LogP contribution in [0.3, 0.4) is 0 Å². The van der Waals surface area contributed by atoms with Gasteiger partial charge in [-0.25, -0.2) is 0 Å². The molecule has 9 heteroatoms. The van der Waals surface area contributed by atoms with E-state index in [9.17, 15) is 19.5 Å². The van der Waals surface area contributed by atoms with Crippen molar-refractivity contribution in [3.8, 4) is 0 Å². The van der Waals surface area contributed by atoms with Gasteiger partial charge in [0.15, 0.2) is 6.21 Å². The van der Waals surface area contributed by atoms with Crippen LogP contribution >= 0.6 is 0 Å². The van der Waals surface area contributed by atoms with Gasteiger partial charge < -0.3 is 19.9 Å². The number of hydrogen-bond acceptors (Lipinski definition) is 8. The predicted octanol–water partition coefficient (Wildman–Crippen LogP) is 4.22. The molecule has 9 nitrogen and oxygen atoms in total. The Bertz CT molecular complexity index is 982. The molecule has 7 atom stereocenters. The van der Waals surface area contributed by atoms with Crippen LogP contribution in [0.1, 0.15) is 117 Å². The van der Waals surface area contributed by atoms with E-state index < -0.39 is 6.10 Å². The first-order chi connectivity index (χ1) is 21.2. The average molecular weight is 618 g/mol. The van der Waals surface area contributed by atoms with Gasteiger partial charge in [0, 0.05) is 59.1 Å². The molecule has 2 heterocycles. The number of aliphatic hydroxyl groups excluding tert-OH is 1. The molecule has 0 aromatic rings. The number of ether oxygens (including phenoxy) is 2. The van der Waals surface area contributed by atoms with Crippen LogP contribution in [0, 0.1) is 24.3 Å². The fourth-order valence-electron chi connectivity index (χ4n) is 7.17. The topological polar surface area (TPSA) is 131 Å². The summed E-state index contributed by atoms with van der Waals surface area (Å²) < 4.78 is 11.0. The van der Waals surface area contributed by atoms with Crippen LogP contribution in [-0.2, 0) is 23.9 Å². The zero-order valence-corrected chi connectivity index (χ0v) is 27.7. The zero-order valence-electron chi connectivity index (χ0n) is 27.7. The molecule has 2 aliphatic heterocycles. The summed E-state index contributed by atoms with van der Waals surface area (Å²) in [4.78, 5) is 40.5. The first-order valence-electron chi connectivity index (χ1n) is 17.2. The van der Waals surface area contributed by atoms with Crippen LogP contribution in [0.25, 0.3) is 0 Å². The number of aliphatic hydroxyl groups is 1. The molecule has 248 valence electrons. The summed E-state index contributed by atoms with van der Waals surface area (Å²) in [5.74, 6) is 1.53. The number of rotatable bonds is 20. The SMILES string of the molecule is CC[C@H](CC[C@H](CC(=O)CCC1CCC(O)C(OC)C1)OC(C)=O)CC1=C(CCC2CC[NH2+]C(NCCC(C)=O)C2)[CH+]N=C1. The highest BCUT2D eigenvalue weighted by molar-refractivity contribution is 5.84. The van der Waals surface area contributed by atoms with E-state index in [-0.39, 0.29) is 36.2 Å². The number of hydrogen-bond donors (Lipinski definition) is 3. The molecule has 0 amide bonds. The highest BCUT2D eigenvalue weighted by Gasteiger charge is 2.31. The van der Waals surface area contributed by atoms with Crippen molar-refractivity contribution in [2.75, 3.05) is 20.2 Å². The van der Waals surface area contributed by atoms with Gasteiger partial charge >= 0.3 is 5.97 Å². The van der Waals surface area contributed by atoms with Crippen molar-refractivity contribution >= 4 is 23.8 Å². The molecule has 1 saturated heterocycles. The van der Waals surface area contributed by atoms with Crippen LogP contribution in [0.2, 0.25) is 0 Å². The number of ketones is 2. The molecule has 4 N–H and O–H groups in total. The maximum Gasteiger partial charge on any atom is 0.302 e. The molecule has 0 aromatic heterocycles. The summed E-state index contributed by atoms with van der Waals surface area (Å²) in [6, 6.07) is 0. The highest BCUT2D eigenvalue weighted by Crippen LogP contribution is 2.32. The Morgan fingerprint density at radius 3 is 2.64 bits per heavy atom. The van der Waals surface area contributed by atoms with Gasteiger partial charge in [0.05, 0.1) is 24.3 Å². The zero-order chi connectivity index (χ0) is 31.9. The number of carbonyl (C=O) groups excluding carboxylic acids is 3. The molecular formula is C35H59N3O6+2. The second-order valence-corrected chi connectivity index (χ2v) is 13.5. The van der Waals surface area contributed by atoms with Gasteiger partial charge in [0.1, 0.15) is 36.0 Å². The number of quaternary nitrogens is 1. The number of nitrogens with one attached hydrogen (secondary N) is 1. The van der Waals surface area contributed by atoms with Gasteiger partial charge in [0.2, 0.25) is 0 Å². The monoisotopic (exact) mass is 617 g/mol. The number of nitrogens with two attached hydrogens (primary N) is 1. The number of carbonyl (C=O) groups is 3. The Morgan fingerprint density at radius 2 is 1.91 bits per heavy atom. The third kappa shape index (κ3) is 13.1. The number of Topliss-reactive ketones (excluding diaryl/α,β-unsaturated/α-hetero) is 2. The van der Waals surface area contributed by atoms with E-state index in [1.54, 1.807) is 14.0 Å². The number of methoxy groups -OCH3 is 1. The van der Waals surface area contributed by atoms with Gasteiger partial charge in [-0.15, -0.1) is 4.99 Å². The maximum atomic E-state index is 12.9. The molecule has 0 radical (unpaired) electrons. The Kier molecular flexibility index (Phi) is 16.1. The number of allylic oxidation sites excluding steroid dienone is 1. The van der Waals surface area contributed by atoms with E-state index in [2.05, 4.69) is 22.5 Å². The van der Waals surface area contributed by atoms with E-state index in [1.165, 1.54) is 24.5 Å². The predicted molar refractivity (Wildman–Crippen MR) is 172 cm³/mol. The standard InChI is InChI=1S/C35H58N3O6/c1-5-26(8-12-32(44-25(3)40)21-31(41)11-7-27-9-13-33(42)34(19-27)43-4)18-30-23-36-22-29(30)10-6-28-15-17-38-35(20-28)37-16-14-24(2)39/h22-23,26-28,32-35,37-38,42H,5-21H2,1-4H3/q+1/p+1/t26-,27?,28?,32-,33?,34?,35?/m1/s1. The molecule has 2 fully saturated rings. The van der Waals surface area contributed by atoms with Crippen molar-refractivity contribution < 1.29 is 34.3 Å². The quantitative estimate of drug-likeness (QED) is 0.138. The van der Waals surface area contributed by atoms with Gasteiger partial charge in [-0.3, -0.25) is 19.7 Å². The second kappa shape index (κ2) is 19.4. The third-order valence-corrected chi connectivity index (χ3v) is 9.96. The largest absolute Gasteiger partial charge is 0.462 e. The minimum absolute atomic E-state index is 0.142. The normalized spacial score (nSPS) is 26.7. The van der Waals surface area contributed by atoms with E-state index in [1.807, 2.05) is 12.8 Å². The number of esters is 1. The molecule has 3 rings (SSSR count). The number of piperidine rings is 1. The van der Waals surface area contributed by atoms with Crippen molar-refractivity contribution in [1.82, 2.24) is 5.32 Å². The summed E-state index contributed by atoms with van der Waals surface area (Å²) in [6.45, 7) is 9.18. The third-order valence-electron chi connectivity index (χ3n) is 9.96. The lowest BCUT2D eigenvalue weighted by atomic mass is 9.82. The fourth-order valence-corrected chi connectivity index (χ4v) is 7.17. The highest BCUT2D eigenvalue weighted by atomic mass is 16.5. The number of nitrogens with zero attached hydrogens (tertiary/aromatic N) is 1. The summed E-state index contributed by atoms with van der Waals surface area (Å²) >= 11 is 0. The summed E-state index contributed by atoms with van der Waals surface area (Å²) in [7, 11) is 1.63. The van der Waals surface area contributed by atoms with Gasteiger partial charge in [0.25, 0.3) is 0 Å². The molecule has 0 bridgehead atoms. The van der Waals surface area contributed by atoms with Crippen LogP contribution in [0.4, 0.5) is 0 Å². The Balaban J connectivity index is 1.44. The summed E-state index contributed by atoms with van der Waals surface area (Å²) in [5, 5.41) is 16.0. The van der Waals surface area contributed by atoms with Crippen LogP contribution in [-0.4, -0.2) is 73.5 Å². The lowest BCUT2D eigenvalue weighted by molar-refractivity contribution is -0.705. The molecule has 44 heavy (non-hydrogen) atoms. The van der Waals surface area contributed by atoms with Gasteiger partial charge in [-0.2, -0.15) is 0 Å². The molecule has 1 saturated carbocycles. The van der Waals surface area contributed by atoms with Crippen molar-refractivity contribution in [2.24, 2.45) is 22.7 Å². The van der Waals surface area contributed by atoms with Crippen LogP contribution in [0.5, 0.6) is 0 Å². The molecular weight excluding hydrogens is 558 g/mol. The molecule has 3 aliphatic rings. The molecule has 5 unspecified atom stereocenters. The van der Waals surface area contributed by atoms with Crippen LogP contribution in [0.15, 0.2) is 16.1 Å². The van der Waals surface area contributed by atoms with Crippen molar-refractivity contribution in [1.29, 1.82) is 0 Å². The first-order valence-corrected chi connectivity index (χ1v) is 17.2. The lowest BCUT2D eigenvalue weighted by Crippen LogP contribution is -2.95. The van der Waals surface area contributed by atoms with E-state index in [4.69, 9.17) is 9.47 Å². The van der Waals surface area contributed by atoms with E-state index in [0.717, 1.165) is 70.9 Å². The van der Waals surface area contributed by atoms with Crippen molar-refractivity contribution in [3.05, 3.63) is 17.7 Å². The Labute approximate surface area is 265 Å². The fraction of sp³-hybridized carbons (Fsp3) is 0.800. The molecule has 0 spiro atoms. The smallest absolute Gasteiger partial charge is 0.302 e. The molecule has 0 aromatic carbocycles. The lowest BCUT2D eigenvalue weighted by Gasteiger charge is -2.32. The average Bonchev–Trinajstić information content (AvgIpc) is 3.44. The van der Waals surface area contributed by atoms with Crippen LogP contribution < -0.4 is 10.6 Å².